The smallest absolute Gasteiger partial charge is 0.348 e. The summed E-state index contributed by atoms with van der Waals surface area (Å²) < 4.78 is 31.7. The van der Waals surface area contributed by atoms with Crippen LogP contribution >= 0.6 is 11.3 Å². The maximum Gasteiger partial charge on any atom is 0.348 e. The van der Waals surface area contributed by atoms with Crippen LogP contribution in [0.1, 0.15) is 15.2 Å². The minimum Gasteiger partial charge on any atom is -0.465 e. The Balaban J connectivity index is 2.18. The average molecular weight is 368 g/mol. The number of nitrogens with zero attached hydrogens (tertiary/aromatic N) is 1. The molecule has 2 rings (SSSR count). The van der Waals surface area contributed by atoms with Crippen LogP contribution in [0.15, 0.2) is 46.7 Å². The van der Waals surface area contributed by atoms with Gasteiger partial charge in [-0.15, -0.1) is 11.3 Å². The molecule has 6 nitrogen and oxygen atoms in total. The number of esters is 1. The van der Waals surface area contributed by atoms with E-state index < -0.39 is 16.0 Å². The van der Waals surface area contributed by atoms with E-state index in [1.165, 1.54) is 23.5 Å². The Bertz CT molecular complexity index is 772. The largest absolute Gasteiger partial charge is 0.465 e. The van der Waals surface area contributed by atoms with E-state index in [4.69, 9.17) is 5.73 Å². The van der Waals surface area contributed by atoms with Crippen molar-refractivity contribution in [3.8, 4) is 0 Å². The molecule has 0 saturated heterocycles. The molecule has 1 heterocycles. The van der Waals surface area contributed by atoms with Gasteiger partial charge >= 0.3 is 5.97 Å². The van der Waals surface area contributed by atoms with E-state index >= 15 is 0 Å². The van der Waals surface area contributed by atoms with Gasteiger partial charge in [-0.25, -0.2) is 13.2 Å². The van der Waals surface area contributed by atoms with Gasteiger partial charge in [0.05, 0.1) is 7.11 Å². The molecule has 2 aromatic rings. The van der Waals surface area contributed by atoms with Gasteiger partial charge in [0.1, 0.15) is 9.09 Å². The predicted octanol–water partition coefficient (Wildman–Crippen LogP) is 1.73. The molecule has 2 N–H and O–H groups in total. The maximum absolute atomic E-state index is 12.8. The standard InChI is InChI=1S/C16H20N2O4S2/c1-22-16(19)14-7-8-15(23-14)24(20,21)18(12-10-17)11-9-13-5-3-2-4-6-13/h2-8H,9-12,17H2,1H3. The number of benzene rings is 1. The first-order chi connectivity index (χ1) is 11.5. The Hall–Kier alpha value is -1.74. The number of hydrogen-bond acceptors (Lipinski definition) is 6. The third kappa shape index (κ3) is 4.41. The van der Waals surface area contributed by atoms with Crippen LogP contribution in [0.4, 0.5) is 0 Å². The maximum atomic E-state index is 12.8. The molecule has 8 heteroatoms. The van der Waals surface area contributed by atoms with Crippen LogP contribution in [-0.2, 0) is 21.2 Å². The molecular weight excluding hydrogens is 348 g/mol. The molecule has 1 aromatic carbocycles. The molecule has 0 unspecified atom stereocenters. The quantitative estimate of drug-likeness (QED) is 0.717. The Morgan fingerprint density at radius 1 is 1.17 bits per heavy atom. The second-order valence-electron chi connectivity index (χ2n) is 5.04. The molecule has 0 amide bonds. The fourth-order valence-electron chi connectivity index (χ4n) is 2.19. The van der Waals surface area contributed by atoms with Gasteiger partial charge < -0.3 is 10.5 Å². The van der Waals surface area contributed by atoms with Gasteiger partial charge in [-0.3, -0.25) is 0 Å². The van der Waals surface area contributed by atoms with Crippen molar-refractivity contribution in [3.05, 3.63) is 52.9 Å². The second-order valence-corrected chi connectivity index (χ2v) is 8.29. The van der Waals surface area contributed by atoms with Gasteiger partial charge in [0, 0.05) is 19.6 Å². The zero-order valence-electron chi connectivity index (χ0n) is 13.3. The summed E-state index contributed by atoms with van der Waals surface area (Å²) in [6.45, 7) is 0.777. The molecule has 130 valence electrons. The molecule has 0 aliphatic carbocycles. The van der Waals surface area contributed by atoms with Crippen LogP contribution in [0.2, 0.25) is 0 Å². The van der Waals surface area contributed by atoms with E-state index in [-0.39, 0.29) is 22.2 Å². The molecule has 0 atom stereocenters. The molecule has 0 fully saturated rings. The first-order valence-corrected chi connectivity index (χ1v) is 9.67. The summed E-state index contributed by atoms with van der Waals surface area (Å²) in [5.41, 5.74) is 6.62. The summed E-state index contributed by atoms with van der Waals surface area (Å²) in [5.74, 6) is -0.545. The highest BCUT2D eigenvalue weighted by atomic mass is 32.2. The van der Waals surface area contributed by atoms with Crippen LogP contribution in [-0.4, -0.2) is 45.4 Å². The normalized spacial score (nSPS) is 11.6. The van der Waals surface area contributed by atoms with Gasteiger partial charge in [0.15, 0.2) is 0 Å². The van der Waals surface area contributed by atoms with E-state index in [1.54, 1.807) is 0 Å². The lowest BCUT2D eigenvalue weighted by atomic mass is 10.1. The Morgan fingerprint density at radius 2 is 1.88 bits per heavy atom. The van der Waals surface area contributed by atoms with E-state index in [0.29, 0.717) is 13.0 Å². The van der Waals surface area contributed by atoms with Crippen LogP contribution in [0, 0.1) is 0 Å². The third-order valence-corrected chi connectivity index (χ3v) is 6.86. The fraction of sp³-hybridized carbons (Fsp3) is 0.312. The molecule has 0 saturated carbocycles. The molecular formula is C16H20N2O4S2. The number of thiophene rings is 1. The van der Waals surface area contributed by atoms with E-state index in [0.717, 1.165) is 16.9 Å². The van der Waals surface area contributed by atoms with Crippen LogP contribution in [0.25, 0.3) is 0 Å². The van der Waals surface area contributed by atoms with Crippen molar-refractivity contribution in [2.75, 3.05) is 26.7 Å². The molecule has 0 spiro atoms. The molecule has 24 heavy (non-hydrogen) atoms. The van der Waals surface area contributed by atoms with Gasteiger partial charge in [0.2, 0.25) is 0 Å². The minimum atomic E-state index is -3.69. The molecule has 0 bridgehead atoms. The number of methoxy groups -OCH3 is 1. The molecule has 0 radical (unpaired) electrons. The average Bonchev–Trinajstić information content (AvgIpc) is 3.09. The van der Waals surface area contributed by atoms with Gasteiger partial charge in [-0.2, -0.15) is 4.31 Å². The van der Waals surface area contributed by atoms with Gasteiger partial charge in [-0.05, 0) is 24.1 Å². The number of sulfonamides is 1. The number of rotatable bonds is 8. The van der Waals surface area contributed by atoms with Crippen molar-refractivity contribution >= 4 is 27.3 Å². The molecule has 0 aliphatic heterocycles. The zero-order chi connectivity index (χ0) is 17.6. The molecule has 0 aliphatic rings. The minimum absolute atomic E-state index is 0.115. The highest BCUT2D eigenvalue weighted by Gasteiger charge is 2.26. The highest BCUT2D eigenvalue weighted by molar-refractivity contribution is 7.91. The fourth-order valence-corrected chi connectivity index (χ4v) is 5.03. The predicted molar refractivity (Wildman–Crippen MR) is 93.6 cm³/mol. The summed E-state index contributed by atoms with van der Waals surface area (Å²) in [5, 5.41) is 0. The zero-order valence-corrected chi connectivity index (χ0v) is 15.0. The van der Waals surface area contributed by atoms with Crippen molar-refractivity contribution in [2.24, 2.45) is 5.73 Å². The van der Waals surface area contributed by atoms with E-state index in [1.807, 2.05) is 30.3 Å². The van der Waals surface area contributed by atoms with Crippen molar-refractivity contribution in [3.63, 3.8) is 0 Å². The summed E-state index contributed by atoms with van der Waals surface area (Å²) in [4.78, 5) is 11.8. The summed E-state index contributed by atoms with van der Waals surface area (Å²) >= 11 is 0.903. The number of hydrogen-bond donors (Lipinski definition) is 1. The summed E-state index contributed by atoms with van der Waals surface area (Å²) in [7, 11) is -2.43. The molecule has 1 aromatic heterocycles. The Labute approximate surface area is 145 Å². The van der Waals surface area contributed by atoms with E-state index in [2.05, 4.69) is 4.74 Å². The number of ether oxygens (including phenoxy) is 1. The van der Waals surface area contributed by atoms with Crippen molar-refractivity contribution in [1.82, 2.24) is 4.31 Å². The number of carbonyl (C=O) groups is 1. The number of nitrogens with two attached hydrogens (primary N) is 1. The van der Waals surface area contributed by atoms with Crippen LogP contribution < -0.4 is 5.73 Å². The Morgan fingerprint density at radius 3 is 2.50 bits per heavy atom. The summed E-state index contributed by atoms with van der Waals surface area (Å²) in [6.07, 6.45) is 0.593. The topological polar surface area (TPSA) is 89.7 Å². The van der Waals surface area contributed by atoms with Crippen LogP contribution in [0.5, 0.6) is 0 Å². The Kier molecular flexibility index (Phi) is 6.50. The SMILES string of the molecule is COC(=O)c1ccc(S(=O)(=O)N(CCN)CCc2ccccc2)s1. The lowest BCUT2D eigenvalue weighted by molar-refractivity contribution is 0.0606. The van der Waals surface area contributed by atoms with Gasteiger partial charge in [0.25, 0.3) is 10.0 Å². The van der Waals surface area contributed by atoms with Crippen molar-refractivity contribution < 1.29 is 17.9 Å². The lowest BCUT2D eigenvalue weighted by Crippen LogP contribution is -2.36. The van der Waals surface area contributed by atoms with Gasteiger partial charge in [-0.1, -0.05) is 30.3 Å². The first kappa shape index (κ1) is 18.6. The monoisotopic (exact) mass is 368 g/mol. The highest BCUT2D eigenvalue weighted by Crippen LogP contribution is 2.25. The number of carbonyl (C=O) groups excluding carboxylic acids is 1. The van der Waals surface area contributed by atoms with Crippen molar-refractivity contribution in [2.45, 2.75) is 10.6 Å². The first-order valence-electron chi connectivity index (χ1n) is 7.41. The lowest BCUT2D eigenvalue weighted by Gasteiger charge is -2.20. The van der Waals surface area contributed by atoms with Crippen LogP contribution in [0.3, 0.4) is 0 Å². The van der Waals surface area contributed by atoms with E-state index in [9.17, 15) is 13.2 Å². The summed E-state index contributed by atoms with van der Waals surface area (Å²) in [6, 6.07) is 12.5. The van der Waals surface area contributed by atoms with Crippen molar-refractivity contribution in [1.29, 1.82) is 0 Å². The second kappa shape index (κ2) is 8.39. The third-order valence-electron chi connectivity index (χ3n) is 3.43.